The zero-order chi connectivity index (χ0) is 30.6. The lowest BCUT2D eigenvalue weighted by Gasteiger charge is -2.20. The molecule has 220 valence electrons. The monoisotopic (exact) mass is 573 g/mol. The lowest BCUT2D eigenvalue weighted by Crippen LogP contribution is -2.41. The van der Waals surface area contributed by atoms with Crippen molar-refractivity contribution in [3.8, 4) is 28.2 Å². The van der Waals surface area contributed by atoms with Gasteiger partial charge in [0.25, 0.3) is 0 Å². The van der Waals surface area contributed by atoms with Crippen molar-refractivity contribution in [1.29, 1.82) is 0 Å². The van der Waals surface area contributed by atoms with E-state index < -0.39 is 17.9 Å². The molecule has 0 spiro atoms. The Bertz CT molecular complexity index is 1710. The number of nitrogens with one attached hydrogen (secondary N) is 3. The van der Waals surface area contributed by atoms with E-state index in [-0.39, 0.29) is 40.2 Å². The van der Waals surface area contributed by atoms with Gasteiger partial charge in [0.15, 0.2) is 11.4 Å². The summed E-state index contributed by atoms with van der Waals surface area (Å²) in [6.07, 6.45) is 1.04. The number of carbonyl (C=O) groups excluding carboxylic acids is 1. The van der Waals surface area contributed by atoms with Gasteiger partial charge in [-0.25, -0.2) is 4.79 Å². The largest absolute Gasteiger partial charge is 0.507 e. The average Bonchev–Trinajstić information content (AvgIpc) is 2.97. The summed E-state index contributed by atoms with van der Waals surface area (Å²) in [5, 5.41) is 30.4. The van der Waals surface area contributed by atoms with Crippen LogP contribution in [0.5, 0.6) is 5.75 Å². The molecule has 1 aliphatic heterocycles. The summed E-state index contributed by atoms with van der Waals surface area (Å²) in [4.78, 5) is 41.7. The molecule has 1 aliphatic carbocycles. The molecule has 1 amide bonds. The number of rotatable bonds is 9. The SMILES string of the molecule is CN=C(NC)NCCC[C@@H](N)C(=O)NCc1c(O)c(C)cc2c(-c3ccccc3C(=O)O)c3cc(C)c(=O)cc-3oc12. The number of benzene rings is 3. The number of hydrogen-bond donors (Lipinski definition) is 6. The highest BCUT2D eigenvalue weighted by atomic mass is 16.4. The Morgan fingerprint density at radius 1 is 1.07 bits per heavy atom. The highest BCUT2D eigenvalue weighted by molar-refractivity contribution is 6.08. The Labute approximate surface area is 242 Å². The first-order chi connectivity index (χ1) is 20.1. The van der Waals surface area contributed by atoms with Crippen molar-refractivity contribution in [2.24, 2.45) is 10.7 Å². The van der Waals surface area contributed by atoms with Gasteiger partial charge in [0.1, 0.15) is 17.1 Å². The van der Waals surface area contributed by atoms with Crippen molar-refractivity contribution in [3.05, 3.63) is 74.9 Å². The summed E-state index contributed by atoms with van der Waals surface area (Å²) in [5.74, 6) is -0.743. The fraction of sp³-hybridized carbons (Fsp3) is 0.290. The van der Waals surface area contributed by atoms with Crippen molar-refractivity contribution in [2.75, 3.05) is 20.6 Å². The molecule has 2 aromatic carbocycles. The van der Waals surface area contributed by atoms with Crippen molar-refractivity contribution in [3.63, 3.8) is 0 Å². The number of fused-ring (bicyclic) bond motifs is 2. The third-order valence-electron chi connectivity index (χ3n) is 7.21. The van der Waals surface area contributed by atoms with Crippen LogP contribution < -0.4 is 27.1 Å². The van der Waals surface area contributed by atoms with E-state index in [1.54, 1.807) is 58.3 Å². The number of aromatic hydroxyl groups is 1. The molecule has 1 atom stereocenters. The Balaban J connectivity index is 1.76. The van der Waals surface area contributed by atoms with E-state index in [9.17, 15) is 24.6 Å². The molecule has 0 unspecified atom stereocenters. The second-order valence-electron chi connectivity index (χ2n) is 10.1. The molecular weight excluding hydrogens is 538 g/mol. The number of phenolic OH excluding ortho intramolecular Hbond substituents is 1. The van der Waals surface area contributed by atoms with Crippen molar-refractivity contribution >= 4 is 28.8 Å². The van der Waals surface area contributed by atoms with E-state index in [4.69, 9.17) is 10.2 Å². The minimum atomic E-state index is -1.11. The minimum absolute atomic E-state index is 0.0724. The van der Waals surface area contributed by atoms with Crippen LogP contribution in [0.4, 0.5) is 0 Å². The molecule has 42 heavy (non-hydrogen) atoms. The molecular formula is C31H35N5O6. The predicted octanol–water partition coefficient (Wildman–Crippen LogP) is 3.10. The maximum atomic E-state index is 12.9. The molecule has 0 bridgehead atoms. The molecule has 0 saturated heterocycles. The van der Waals surface area contributed by atoms with Gasteiger partial charge in [0.2, 0.25) is 5.91 Å². The van der Waals surface area contributed by atoms with Crippen molar-refractivity contribution < 1.29 is 24.2 Å². The van der Waals surface area contributed by atoms with E-state index in [0.29, 0.717) is 58.5 Å². The molecule has 11 nitrogen and oxygen atoms in total. The summed E-state index contributed by atoms with van der Waals surface area (Å²) in [7, 11) is 3.41. The number of carboxylic acid groups (broad SMARTS) is 1. The number of hydrogen-bond acceptors (Lipinski definition) is 7. The summed E-state index contributed by atoms with van der Waals surface area (Å²) >= 11 is 0. The highest BCUT2D eigenvalue weighted by Gasteiger charge is 2.25. The van der Waals surface area contributed by atoms with Crippen LogP contribution in [0.3, 0.4) is 0 Å². The van der Waals surface area contributed by atoms with Crippen LogP contribution in [0, 0.1) is 13.8 Å². The van der Waals surface area contributed by atoms with E-state index in [1.807, 2.05) is 0 Å². The molecule has 0 aromatic heterocycles. The summed E-state index contributed by atoms with van der Waals surface area (Å²) < 4.78 is 6.21. The van der Waals surface area contributed by atoms with Crippen molar-refractivity contribution in [1.82, 2.24) is 16.0 Å². The molecule has 1 heterocycles. The summed E-state index contributed by atoms with van der Waals surface area (Å²) in [5.41, 5.74) is 8.97. The maximum absolute atomic E-state index is 12.9. The molecule has 7 N–H and O–H groups in total. The summed E-state index contributed by atoms with van der Waals surface area (Å²) in [6.45, 7) is 3.86. The van der Waals surface area contributed by atoms with Gasteiger partial charge in [-0.05, 0) is 61.6 Å². The van der Waals surface area contributed by atoms with Crippen LogP contribution in [0.15, 0.2) is 56.7 Å². The quantitative estimate of drug-likeness (QED) is 0.0759. The average molecular weight is 574 g/mol. The molecule has 0 radical (unpaired) electrons. The molecule has 2 aromatic rings. The molecule has 2 aliphatic rings. The van der Waals surface area contributed by atoms with Gasteiger partial charge in [-0.15, -0.1) is 0 Å². The standard InChI is InChI=1S/C31H35N5O6/c1-16-12-20-25(14-24(16)37)42-28-21(26(20)18-8-5-6-9-19(18)30(40)41)13-17(2)27(38)22(28)15-36-29(39)23(32)10-7-11-35-31(33-3)34-4/h5-6,8-9,12-14,23,38H,7,10-11,15,32H2,1-4H3,(H,36,39)(H,40,41)(H2,33,34,35)/t23-/m1/s1. The van der Waals surface area contributed by atoms with Crippen LogP contribution in [0.25, 0.3) is 33.4 Å². The number of carboxylic acids is 1. The minimum Gasteiger partial charge on any atom is -0.507 e. The van der Waals surface area contributed by atoms with Gasteiger partial charge >= 0.3 is 5.97 Å². The highest BCUT2D eigenvalue weighted by Crippen LogP contribution is 2.44. The first-order valence-corrected chi connectivity index (χ1v) is 13.5. The smallest absolute Gasteiger partial charge is 0.336 e. The van der Waals surface area contributed by atoms with E-state index >= 15 is 0 Å². The number of carbonyl (C=O) groups is 2. The second kappa shape index (κ2) is 12.7. The van der Waals surface area contributed by atoms with Crippen molar-refractivity contribution in [2.45, 2.75) is 39.3 Å². The number of aromatic carboxylic acids is 1. The van der Waals surface area contributed by atoms with Gasteiger partial charge in [-0.2, -0.15) is 0 Å². The Morgan fingerprint density at radius 2 is 1.81 bits per heavy atom. The molecule has 0 saturated carbocycles. The number of amides is 1. The second-order valence-corrected chi connectivity index (χ2v) is 10.1. The number of nitrogens with two attached hydrogens (primary N) is 1. The van der Waals surface area contributed by atoms with Crippen LogP contribution in [0.1, 0.15) is 39.9 Å². The Kier molecular flexibility index (Phi) is 9.12. The van der Waals surface area contributed by atoms with Crippen LogP contribution >= 0.6 is 0 Å². The van der Waals surface area contributed by atoms with Gasteiger partial charge in [0, 0.05) is 43.2 Å². The van der Waals surface area contributed by atoms with Crippen LogP contribution in [0.2, 0.25) is 0 Å². The topological polar surface area (TPSA) is 179 Å². The number of aryl methyl sites for hydroxylation is 2. The lowest BCUT2D eigenvalue weighted by atomic mass is 9.88. The van der Waals surface area contributed by atoms with E-state index in [0.717, 1.165) is 0 Å². The van der Waals surface area contributed by atoms with Crippen LogP contribution in [-0.2, 0) is 11.3 Å². The molecule has 4 rings (SSSR count). The molecule has 11 heteroatoms. The van der Waals surface area contributed by atoms with Gasteiger partial charge < -0.3 is 36.3 Å². The fourth-order valence-electron chi connectivity index (χ4n) is 4.95. The normalized spacial score (nSPS) is 12.4. The van der Waals surface area contributed by atoms with E-state index in [1.165, 1.54) is 12.1 Å². The Hall–Kier alpha value is -4.90. The van der Waals surface area contributed by atoms with E-state index in [2.05, 4.69) is 20.9 Å². The van der Waals surface area contributed by atoms with Gasteiger partial charge in [0.05, 0.1) is 23.7 Å². The third kappa shape index (κ3) is 6.06. The predicted molar refractivity (Wildman–Crippen MR) is 162 cm³/mol. The number of phenols is 1. The first-order valence-electron chi connectivity index (χ1n) is 13.5. The number of aliphatic imine (C=N–C) groups is 1. The van der Waals surface area contributed by atoms with Gasteiger partial charge in [-0.3, -0.25) is 14.6 Å². The number of guanidine groups is 1. The Morgan fingerprint density at radius 3 is 2.50 bits per heavy atom. The number of nitrogens with zero attached hydrogens (tertiary/aromatic N) is 1. The zero-order valence-electron chi connectivity index (χ0n) is 24.0. The maximum Gasteiger partial charge on any atom is 0.336 e. The lowest BCUT2D eigenvalue weighted by molar-refractivity contribution is -0.122. The van der Waals surface area contributed by atoms with Gasteiger partial charge in [-0.1, -0.05) is 18.2 Å². The van der Waals surface area contributed by atoms with Crippen LogP contribution in [-0.4, -0.2) is 54.7 Å². The third-order valence-corrected chi connectivity index (χ3v) is 7.21. The first kappa shape index (κ1) is 30.1. The fourth-order valence-corrected chi connectivity index (χ4v) is 4.95. The molecule has 0 fully saturated rings. The summed E-state index contributed by atoms with van der Waals surface area (Å²) in [6, 6.07) is 10.5. The zero-order valence-corrected chi connectivity index (χ0v) is 24.0.